The largest absolute Gasteiger partial charge is 0.573 e. The van der Waals surface area contributed by atoms with Crippen molar-refractivity contribution in [3.8, 4) is 5.75 Å². The van der Waals surface area contributed by atoms with Gasteiger partial charge in [0.25, 0.3) is 0 Å². The molecule has 1 nitrogen and oxygen atoms in total. The molecule has 0 radical (unpaired) electrons. The molecule has 0 saturated carbocycles. The monoisotopic (exact) mass is 314 g/mol. The van der Waals surface area contributed by atoms with Crippen LogP contribution in [-0.2, 0) is 0 Å². The molecule has 2 aromatic carbocycles. The second-order valence-electron chi connectivity index (χ2n) is 4.60. The standard InChI is InChI=1S/C16H11F5O/c1-10(6-11-7-13(17)9-14(18)8-11)12-2-4-15(5-3-12)22-16(19,20)21/h2-9H,1H3/b10-6-. The number of hydrogen-bond donors (Lipinski definition) is 0. The van der Waals surface area contributed by atoms with Crippen LogP contribution in [0.15, 0.2) is 42.5 Å². The van der Waals surface area contributed by atoms with E-state index in [0.717, 1.165) is 18.2 Å². The first-order chi connectivity index (χ1) is 10.2. The van der Waals surface area contributed by atoms with Gasteiger partial charge in [-0.3, -0.25) is 0 Å². The molecule has 0 fully saturated rings. The molecule has 0 saturated heterocycles. The Morgan fingerprint density at radius 2 is 1.50 bits per heavy atom. The van der Waals surface area contributed by atoms with E-state index in [1.165, 1.54) is 30.3 Å². The lowest BCUT2D eigenvalue weighted by molar-refractivity contribution is -0.274. The zero-order chi connectivity index (χ0) is 16.3. The van der Waals surface area contributed by atoms with E-state index in [2.05, 4.69) is 4.74 Å². The van der Waals surface area contributed by atoms with Crippen molar-refractivity contribution in [1.29, 1.82) is 0 Å². The molecule has 116 valence electrons. The van der Waals surface area contributed by atoms with E-state index in [4.69, 9.17) is 0 Å². The highest BCUT2D eigenvalue weighted by molar-refractivity contribution is 5.80. The molecule has 6 heteroatoms. The molecule has 0 unspecified atom stereocenters. The minimum absolute atomic E-state index is 0.325. The van der Waals surface area contributed by atoms with E-state index in [0.29, 0.717) is 16.7 Å². The average molecular weight is 314 g/mol. The van der Waals surface area contributed by atoms with E-state index in [-0.39, 0.29) is 5.75 Å². The fourth-order valence-corrected chi connectivity index (χ4v) is 1.91. The lowest BCUT2D eigenvalue weighted by Gasteiger charge is -2.09. The number of halogens is 5. The summed E-state index contributed by atoms with van der Waals surface area (Å²) in [6, 6.07) is 8.29. The first-order valence-corrected chi connectivity index (χ1v) is 6.23. The Labute approximate surface area is 123 Å². The second-order valence-corrected chi connectivity index (χ2v) is 4.60. The maximum atomic E-state index is 13.1. The van der Waals surface area contributed by atoms with Crippen LogP contribution in [-0.4, -0.2) is 6.36 Å². The fraction of sp³-hybridized carbons (Fsp3) is 0.125. The summed E-state index contributed by atoms with van der Waals surface area (Å²) >= 11 is 0. The summed E-state index contributed by atoms with van der Waals surface area (Å²) in [6.07, 6.45) is -3.21. The van der Waals surface area contributed by atoms with Crippen molar-refractivity contribution >= 4 is 11.6 Å². The van der Waals surface area contributed by atoms with Gasteiger partial charge in [-0.1, -0.05) is 18.2 Å². The molecule has 0 bridgehead atoms. The molecule has 2 aromatic rings. The van der Waals surface area contributed by atoms with Crippen LogP contribution in [0.5, 0.6) is 5.75 Å². The Balaban J connectivity index is 2.22. The van der Waals surface area contributed by atoms with Gasteiger partial charge in [-0.2, -0.15) is 0 Å². The van der Waals surface area contributed by atoms with Crippen molar-refractivity contribution in [2.24, 2.45) is 0 Å². The third-order valence-corrected chi connectivity index (χ3v) is 2.81. The first kappa shape index (κ1) is 16.0. The number of alkyl halides is 3. The molecule has 2 rings (SSSR count). The van der Waals surface area contributed by atoms with Crippen LogP contribution in [0, 0.1) is 11.6 Å². The fourth-order valence-electron chi connectivity index (χ4n) is 1.91. The van der Waals surface area contributed by atoms with Crippen LogP contribution in [0.4, 0.5) is 22.0 Å². The normalized spacial score (nSPS) is 12.4. The van der Waals surface area contributed by atoms with Gasteiger partial charge in [0.15, 0.2) is 0 Å². The van der Waals surface area contributed by atoms with Crippen molar-refractivity contribution in [3.63, 3.8) is 0 Å². The molecule has 0 atom stereocenters. The third-order valence-electron chi connectivity index (χ3n) is 2.81. The van der Waals surface area contributed by atoms with E-state index >= 15 is 0 Å². The first-order valence-electron chi connectivity index (χ1n) is 6.23. The van der Waals surface area contributed by atoms with Crippen LogP contribution in [0.3, 0.4) is 0 Å². The molecule has 0 aliphatic heterocycles. The van der Waals surface area contributed by atoms with Gasteiger partial charge in [-0.05, 0) is 47.9 Å². The van der Waals surface area contributed by atoms with E-state index in [1.54, 1.807) is 6.92 Å². The molecule has 0 heterocycles. The highest BCUT2D eigenvalue weighted by Gasteiger charge is 2.30. The van der Waals surface area contributed by atoms with E-state index in [1.807, 2.05) is 0 Å². The predicted octanol–water partition coefficient (Wildman–Crippen LogP) is 5.42. The minimum Gasteiger partial charge on any atom is -0.406 e. The van der Waals surface area contributed by atoms with Crippen LogP contribution in [0.2, 0.25) is 0 Å². The number of ether oxygens (including phenoxy) is 1. The molecule has 0 N–H and O–H groups in total. The lowest BCUT2D eigenvalue weighted by Crippen LogP contribution is -2.16. The minimum atomic E-state index is -4.74. The zero-order valence-corrected chi connectivity index (χ0v) is 11.4. The molecule has 0 amide bonds. The van der Waals surface area contributed by atoms with Gasteiger partial charge < -0.3 is 4.74 Å². The number of rotatable bonds is 3. The highest BCUT2D eigenvalue weighted by Crippen LogP contribution is 2.25. The molecule has 0 aromatic heterocycles. The number of hydrogen-bond acceptors (Lipinski definition) is 1. The van der Waals surface area contributed by atoms with Crippen LogP contribution >= 0.6 is 0 Å². The smallest absolute Gasteiger partial charge is 0.406 e. The van der Waals surface area contributed by atoms with Crippen LogP contribution in [0.25, 0.3) is 11.6 Å². The van der Waals surface area contributed by atoms with Crippen molar-refractivity contribution < 1.29 is 26.7 Å². The Kier molecular flexibility index (Phi) is 4.49. The van der Waals surface area contributed by atoms with Crippen LogP contribution in [0.1, 0.15) is 18.1 Å². The summed E-state index contributed by atoms with van der Waals surface area (Å²) in [6.45, 7) is 1.68. The van der Waals surface area contributed by atoms with Crippen LogP contribution < -0.4 is 4.74 Å². The lowest BCUT2D eigenvalue weighted by atomic mass is 10.0. The predicted molar refractivity (Wildman–Crippen MR) is 73.0 cm³/mol. The molecule has 0 aliphatic carbocycles. The summed E-state index contributed by atoms with van der Waals surface area (Å²) in [5.74, 6) is -1.73. The summed E-state index contributed by atoms with van der Waals surface area (Å²) < 4.78 is 66.1. The quantitative estimate of drug-likeness (QED) is 0.542. The van der Waals surface area contributed by atoms with Crippen molar-refractivity contribution in [3.05, 3.63) is 65.2 Å². The van der Waals surface area contributed by atoms with Gasteiger partial charge in [0.2, 0.25) is 0 Å². The van der Waals surface area contributed by atoms with Crippen molar-refractivity contribution in [2.45, 2.75) is 13.3 Å². The molecule has 0 aliphatic rings. The molecule has 0 spiro atoms. The molecular formula is C16H11F5O. The summed E-state index contributed by atoms with van der Waals surface area (Å²) in [5, 5.41) is 0. The second kappa shape index (κ2) is 6.17. The third kappa shape index (κ3) is 4.58. The summed E-state index contributed by atoms with van der Waals surface area (Å²) in [4.78, 5) is 0. The van der Waals surface area contributed by atoms with E-state index in [9.17, 15) is 22.0 Å². The van der Waals surface area contributed by atoms with Gasteiger partial charge in [0.05, 0.1) is 0 Å². The maximum Gasteiger partial charge on any atom is 0.573 e. The van der Waals surface area contributed by atoms with Gasteiger partial charge in [0.1, 0.15) is 17.4 Å². The molecule has 22 heavy (non-hydrogen) atoms. The average Bonchev–Trinajstić information content (AvgIpc) is 2.36. The summed E-state index contributed by atoms with van der Waals surface area (Å²) in [7, 11) is 0. The maximum absolute atomic E-state index is 13.1. The van der Waals surface area contributed by atoms with Crippen molar-refractivity contribution in [1.82, 2.24) is 0 Å². The highest BCUT2D eigenvalue weighted by atomic mass is 19.4. The Hall–Kier alpha value is -2.37. The SMILES string of the molecule is C/C(=C/c1cc(F)cc(F)c1)c1ccc(OC(F)(F)F)cc1. The van der Waals surface area contributed by atoms with Crippen molar-refractivity contribution in [2.75, 3.05) is 0 Å². The summed E-state index contributed by atoms with van der Waals surface area (Å²) in [5.41, 5.74) is 1.58. The van der Waals surface area contributed by atoms with Gasteiger partial charge in [0, 0.05) is 6.07 Å². The zero-order valence-electron chi connectivity index (χ0n) is 11.4. The number of allylic oxidation sites excluding steroid dienone is 1. The Morgan fingerprint density at radius 1 is 0.955 bits per heavy atom. The van der Waals surface area contributed by atoms with Gasteiger partial charge >= 0.3 is 6.36 Å². The Bertz CT molecular complexity index is 666. The topological polar surface area (TPSA) is 9.23 Å². The van der Waals surface area contributed by atoms with Gasteiger partial charge in [-0.15, -0.1) is 13.2 Å². The Morgan fingerprint density at radius 3 is 2.00 bits per heavy atom. The van der Waals surface area contributed by atoms with Gasteiger partial charge in [-0.25, -0.2) is 8.78 Å². The number of benzene rings is 2. The molecular weight excluding hydrogens is 303 g/mol. The van der Waals surface area contributed by atoms with E-state index < -0.39 is 18.0 Å².